The minimum atomic E-state index is -0.407. The summed E-state index contributed by atoms with van der Waals surface area (Å²) < 4.78 is 15.3. The van der Waals surface area contributed by atoms with Crippen molar-refractivity contribution in [2.45, 2.75) is 32.8 Å². The number of halogens is 2. The number of nitrogen functional groups attached to an aromatic ring is 1. The first-order valence-corrected chi connectivity index (χ1v) is 8.29. The Balaban J connectivity index is 0.00000243. The molecule has 3 aromatic rings. The van der Waals surface area contributed by atoms with E-state index in [1.165, 1.54) is 12.1 Å². The van der Waals surface area contributed by atoms with E-state index in [2.05, 4.69) is 15.0 Å². The van der Waals surface area contributed by atoms with Gasteiger partial charge in [0, 0.05) is 19.0 Å². The molecule has 2 heterocycles. The van der Waals surface area contributed by atoms with Gasteiger partial charge in [0.05, 0.1) is 6.10 Å². The van der Waals surface area contributed by atoms with Crippen LogP contribution in [0.25, 0.3) is 22.6 Å². The summed E-state index contributed by atoms with van der Waals surface area (Å²) in [6, 6.07) is 6.23. The Kier molecular flexibility index (Phi) is 6.15. The molecular weight excluding hydrogens is 357 g/mol. The highest BCUT2D eigenvalue weighted by atomic mass is 35.5. The second kappa shape index (κ2) is 7.97. The minimum absolute atomic E-state index is 0. The molecule has 0 saturated carbocycles. The van der Waals surface area contributed by atoms with Crippen molar-refractivity contribution in [3.63, 3.8) is 0 Å². The van der Waals surface area contributed by atoms with Crippen molar-refractivity contribution >= 4 is 29.4 Å². The molecule has 1 atom stereocenters. The normalized spacial score (nSPS) is 12.4. The lowest BCUT2D eigenvalue weighted by molar-refractivity contribution is 0.116. The number of rotatable bonds is 5. The number of benzene rings is 1. The maximum absolute atomic E-state index is 13.5. The van der Waals surface area contributed by atoms with Gasteiger partial charge < -0.3 is 15.4 Å². The van der Waals surface area contributed by atoms with Crippen LogP contribution in [0.1, 0.15) is 26.1 Å². The molecule has 26 heavy (non-hydrogen) atoms. The molecule has 0 spiro atoms. The molecule has 3 N–H and O–H groups in total. The summed E-state index contributed by atoms with van der Waals surface area (Å²) in [5, 5.41) is 9.96. The van der Waals surface area contributed by atoms with E-state index in [-0.39, 0.29) is 30.0 Å². The SMILES string of the molecule is CC(C)C(O)CCc1nc(N)c2nc(-c3cccc(F)c3)n(C)c2n1.Cl. The number of aromatic nitrogens is 4. The summed E-state index contributed by atoms with van der Waals surface area (Å²) in [4.78, 5) is 13.3. The van der Waals surface area contributed by atoms with Crippen molar-refractivity contribution in [1.82, 2.24) is 19.5 Å². The number of nitrogens with two attached hydrogens (primary N) is 1. The lowest BCUT2D eigenvalue weighted by Gasteiger charge is -2.13. The van der Waals surface area contributed by atoms with Crippen molar-refractivity contribution < 1.29 is 9.50 Å². The van der Waals surface area contributed by atoms with E-state index in [0.29, 0.717) is 41.2 Å². The van der Waals surface area contributed by atoms with E-state index in [4.69, 9.17) is 5.73 Å². The number of aryl methyl sites for hydroxylation is 2. The van der Waals surface area contributed by atoms with Crippen LogP contribution in [0.3, 0.4) is 0 Å². The molecule has 0 aliphatic carbocycles. The average Bonchev–Trinajstić information content (AvgIpc) is 2.90. The number of fused-ring (bicyclic) bond motifs is 1. The third-order valence-corrected chi connectivity index (χ3v) is 4.31. The van der Waals surface area contributed by atoms with Gasteiger partial charge in [0.2, 0.25) is 0 Å². The highest BCUT2D eigenvalue weighted by Crippen LogP contribution is 2.26. The number of hydrogen-bond donors (Lipinski definition) is 2. The van der Waals surface area contributed by atoms with Crippen LogP contribution >= 0.6 is 12.4 Å². The Labute approximate surface area is 157 Å². The number of aliphatic hydroxyl groups excluding tert-OH is 1. The third-order valence-electron chi connectivity index (χ3n) is 4.31. The second-order valence-electron chi connectivity index (χ2n) is 6.55. The van der Waals surface area contributed by atoms with Crippen LogP contribution in [0.4, 0.5) is 10.2 Å². The van der Waals surface area contributed by atoms with Crippen LogP contribution in [0.2, 0.25) is 0 Å². The zero-order valence-electron chi connectivity index (χ0n) is 15.0. The number of imidazole rings is 1. The number of anilines is 1. The van der Waals surface area contributed by atoms with Crippen molar-refractivity contribution in [3.8, 4) is 11.4 Å². The highest BCUT2D eigenvalue weighted by molar-refractivity contribution is 5.85. The van der Waals surface area contributed by atoms with Crippen molar-refractivity contribution in [1.29, 1.82) is 0 Å². The van der Waals surface area contributed by atoms with Crippen molar-refractivity contribution in [2.75, 3.05) is 5.73 Å². The number of hydrogen-bond acceptors (Lipinski definition) is 5. The molecule has 0 fully saturated rings. The molecule has 0 amide bonds. The molecule has 6 nitrogen and oxygen atoms in total. The first kappa shape index (κ1) is 20.1. The van der Waals surface area contributed by atoms with Crippen LogP contribution in [0, 0.1) is 11.7 Å². The molecule has 140 valence electrons. The maximum atomic E-state index is 13.5. The fourth-order valence-electron chi connectivity index (χ4n) is 2.74. The highest BCUT2D eigenvalue weighted by Gasteiger charge is 2.17. The summed E-state index contributed by atoms with van der Waals surface area (Å²) >= 11 is 0. The number of aliphatic hydroxyl groups is 1. The Morgan fingerprint density at radius 3 is 2.62 bits per heavy atom. The van der Waals surface area contributed by atoms with Crippen molar-refractivity contribution in [3.05, 3.63) is 35.9 Å². The van der Waals surface area contributed by atoms with E-state index in [1.54, 1.807) is 16.7 Å². The van der Waals surface area contributed by atoms with Gasteiger partial charge >= 0.3 is 0 Å². The number of nitrogens with zero attached hydrogens (tertiary/aromatic N) is 4. The van der Waals surface area contributed by atoms with Crippen LogP contribution in [-0.2, 0) is 13.5 Å². The topological polar surface area (TPSA) is 89.9 Å². The maximum Gasteiger partial charge on any atom is 0.165 e. The van der Waals surface area contributed by atoms with Gasteiger partial charge in [0.15, 0.2) is 17.0 Å². The molecular formula is C18H23ClFN5O. The lowest BCUT2D eigenvalue weighted by Crippen LogP contribution is -2.16. The monoisotopic (exact) mass is 379 g/mol. The van der Waals surface area contributed by atoms with Gasteiger partial charge in [-0.25, -0.2) is 19.3 Å². The molecule has 0 saturated heterocycles. The molecule has 0 radical (unpaired) electrons. The van der Waals surface area contributed by atoms with Crippen LogP contribution < -0.4 is 5.73 Å². The van der Waals surface area contributed by atoms with E-state index < -0.39 is 6.10 Å². The molecule has 8 heteroatoms. The standard InChI is InChI=1S/C18H22FN5O.ClH/c1-10(2)13(25)7-8-14-21-16(20)15-18(22-14)24(3)17(23-15)11-5-4-6-12(19)9-11;/h4-6,9-10,13,25H,7-8H2,1-3H3,(H2,20,21,22);1H. The van der Waals surface area contributed by atoms with E-state index in [0.717, 1.165) is 0 Å². The van der Waals surface area contributed by atoms with Crippen LogP contribution in [0.5, 0.6) is 0 Å². The van der Waals surface area contributed by atoms with Gasteiger partial charge in [-0.3, -0.25) is 0 Å². The fourth-order valence-corrected chi connectivity index (χ4v) is 2.74. The zero-order chi connectivity index (χ0) is 18.1. The van der Waals surface area contributed by atoms with E-state index >= 15 is 0 Å². The van der Waals surface area contributed by atoms with Gasteiger partial charge in [0.1, 0.15) is 17.5 Å². The first-order chi connectivity index (χ1) is 11.9. The molecule has 2 aromatic heterocycles. The van der Waals surface area contributed by atoms with Gasteiger partial charge in [-0.2, -0.15) is 0 Å². The van der Waals surface area contributed by atoms with Gasteiger partial charge in [0.25, 0.3) is 0 Å². The van der Waals surface area contributed by atoms with Gasteiger partial charge in [-0.1, -0.05) is 26.0 Å². The predicted molar refractivity (Wildman–Crippen MR) is 103 cm³/mol. The first-order valence-electron chi connectivity index (χ1n) is 8.29. The summed E-state index contributed by atoms with van der Waals surface area (Å²) in [6.45, 7) is 3.94. The van der Waals surface area contributed by atoms with Gasteiger partial charge in [-0.15, -0.1) is 12.4 Å². The Bertz CT molecular complexity index is 912. The van der Waals surface area contributed by atoms with Gasteiger partial charge in [-0.05, 0) is 24.5 Å². The zero-order valence-corrected chi connectivity index (χ0v) is 15.8. The predicted octanol–water partition coefficient (Wildman–Crippen LogP) is 3.12. The third kappa shape index (κ3) is 3.94. The summed E-state index contributed by atoms with van der Waals surface area (Å²) in [7, 11) is 1.81. The molecule has 0 aliphatic rings. The summed E-state index contributed by atoms with van der Waals surface area (Å²) in [5.41, 5.74) is 7.79. The van der Waals surface area contributed by atoms with Crippen LogP contribution in [0.15, 0.2) is 24.3 Å². The quantitative estimate of drug-likeness (QED) is 0.710. The Morgan fingerprint density at radius 1 is 1.23 bits per heavy atom. The smallest absolute Gasteiger partial charge is 0.165 e. The Hall–Kier alpha value is -2.25. The minimum Gasteiger partial charge on any atom is -0.393 e. The van der Waals surface area contributed by atoms with E-state index in [1.807, 2.05) is 20.9 Å². The van der Waals surface area contributed by atoms with Crippen molar-refractivity contribution in [2.24, 2.45) is 13.0 Å². The summed E-state index contributed by atoms with van der Waals surface area (Å²) in [6.07, 6.45) is 0.687. The summed E-state index contributed by atoms with van der Waals surface area (Å²) in [5.74, 6) is 1.29. The molecule has 1 unspecified atom stereocenters. The average molecular weight is 380 g/mol. The molecule has 0 bridgehead atoms. The van der Waals surface area contributed by atoms with Crippen LogP contribution in [-0.4, -0.2) is 30.7 Å². The largest absolute Gasteiger partial charge is 0.393 e. The molecule has 3 rings (SSSR count). The second-order valence-corrected chi connectivity index (χ2v) is 6.55. The molecule has 1 aromatic carbocycles. The Morgan fingerprint density at radius 2 is 1.96 bits per heavy atom. The molecule has 0 aliphatic heterocycles. The lowest BCUT2D eigenvalue weighted by atomic mass is 10.0. The fraction of sp³-hybridized carbons (Fsp3) is 0.389. The van der Waals surface area contributed by atoms with E-state index in [9.17, 15) is 9.50 Å².